The minimum atomic E-state index is -0.505. The van der Waals surface area contributed by atoms with Crippen LogP contribution in [-0.4, -0.2) is 23.5 Å². The Kier molecular flexibility index (Phi) is 5.33. The van der Waals surface area contributed by atoms with E-state index in [-0.39, 0.29) is 10.6 Å². The van der Waals surface area contributed by atoms with Crippen molar-refractivity contribution in [1.29, 1.82) is 0 Å². The van der Waals surface area contributed by atoms with Crippen LogP contribution in [-0.2, 0) is 11.3 Å². The maximum atomic E-state index is 13.1. The van der Waals surface area contributed by atoms with Gasteiger partial charge in [0.25, 0.3) is 5.56 Å². The minimum Gasteiger partial charge on any atom is -0.383 e. The molecule has 0 aliphatic rings. The lowest BCUT2D eigenvalue weighted by Gasteiger charge is -2.10. The maximum Gasteiger partial charge on any atom is 0.283 e. The van der Waals surface area contributed by atoms with Crippen LogP contribution in [0.25, 0.3) is 0 Å². The van der Waals surface area contributed by atoms with Gasteiger partial charge in [0.2, 0.25) is 0 Å². The van der Waals surface area contributed by atoms with Crippen LogP contribution in [0.3, 0.4) is 0 Å². The van der Waals surface area contributed by atoms with Gasteiger partial charge in [-0.1, -0.05) is 11.6 Å². The van der Waals surface area contributed by atoms with Crippen molar-refractivity contribution in [2.75, 3.05) is 19.0 Å². The summed E-state index contributed by atoms with van der Waals surface area (Å²) >= 11 is 8.94. The quantitative estimate of drug-likeness (QED) is 0.871. The molecule has 1 heterocycles. The van der Waals surface area contributed by atoms with Crippen molar-refractivity contribution in [2.45, 2.75) is 6.54 Å². The van der Waals surface area contributed by atoms with Gasteiger partial charge >= 0.3 is 0 Å². The molecule has 8 heteroatoms. The number of aromatic nitrogens is 2. The molecule has 0 atom stereocenters. The Morgan fingerprint density at radius 1 is 1.52 bits per heavy atom. The first kappa shape index (κ1) is 15.9. The predicted molar refractivity (Wildman–Crippen MR) is 82.8 cm³/mol. The summed E-state index contributed by atoms with van der Waals surface area (Å²) in [7, 11) is 1.55. The van der Waals surface area contributed by atoms with E-state index in [1.165, 1.54) is 29.1 Å². The number of nitrogens with zero attached hydrogens (tertiary/aromatic N) is 2. The summed E-state index contributed by atoms with van der Waals surface area (Å²) in [6.45, 7) is 0.746. The van der Waals surface area contributed by atoms with Gasteiger partial charge in [0.15, 0.2) is 0 Å². The van der Waals surface area contributed by atoms with E-state index in [1.54, 1.807) is 7.11 Å². The molecule has 0 spiro atoms. The zero-order valence-electron chi connectivity index (χ0n) is 11.1. The molecule has 21 heavy (non-hydrogen) atoms. The highest BCUT2D eigenvalue weighted by atomic mass is 79.9. The Balaban J connectivity index is 2.26. The number of benzene rings is 1. The molecule has 0 aliphatic carbocycles. The number of anilines is 2. The molecule has 1 N–H and O–H groups in total. The normalized spacial score (nSPS) is 10.7. The lowest BCUT2D eigenvalue weighted by molar-refractivity contribution is 0.181. The molecule has 1 aromatic carbocycles. The Hall–Kier alpha value is -1.44. The smallest absolute Gasteiger partial charge is 0.283 e. The molecule has 0 unspecified atom stereocenters. The van der Waals surface area contributed by atoms with Crippen molar-refractivity contribution in [3.05, 3.63) is 50.1 Å². The van der Waals surface area contributed by atoms with E-state index >= 15 is 0 Å². The summed E-state index contributed by atoms with van der Waals surface area (Å²) in [6.07, 6.45) is 1.50. The molecular formula is C13H12BrClFN3O2. The molecule has 0 amide bonds. The number of methoxy groups -OCH3 is 1. The molecular weight excluding hydrogens is 365 g/mol. The first-order valence-electron chi connectivity index (χ1n) is 5.99. The fourth-order valence-corrected chi connectivity index (χ4v) is 2.21. The van der Waals surface area contributed by atoms with E-state index in [9.17, 15) is 9.18 Å². The van der Waals surface area contributed by atoms with Gasteiger partial charge in [-0.25, -0.2) is 9.07 Å². The van der Waals surface area contributed by atoms with E-state index in [0.717, 1.165) is 0 Å². The number of ether oxygens (including phenoxy) is 1. The van der Waals surface area contributed by atoms with Crippen LogP contribution in [0, 0.1) is 5.82 Å². The summed E-state index contributed by atoms with van der Waals surface area (Å²) in [5.74, 6) is -0.505. The van der Waals surface area contributed by atoms with Gasteiger partial charge in [-0.2, -0.15) is 5.10 Å². The predicted octanol–water partition coefficient (Wildman–Crippen LogP) is 3.19. The first-order valence-corrected chi connectivity index (χ1v) is 7.16. The lowest BCUT2D eigenvalue weighted by atomic mass is 10.3. The topological polar surface area (TPSA) is 56.1 Å². The molecule has 5 nitrogen and oxygen atoms in total. The molecule has 0 saturated heterocycles. The molecule has 1 aromatic heterocycles. The third kappa shape index (κ3) is 3.81. The summed E-state index contributed by atoms with van der Waals surface area (Å²) in [4.78, 5) is 12.1. The molecule has 0 saturated carbocycles. The van der Waals surface area contributed by atoms with Gasteiger partial charge in [-0.15, -0.1) is 0 Å². The Morgan fingerprint density at radius 3 is 2.95 bits per heavy atom. The summed E-state index contributed by atoms with van der Waals surface area (Å²) in [6, 6.07) is 4.19. The van der Waals surface area contributed by atoms with Crippen LogP contribution in [0.15, 0.2) is 33.7 Å². The van der Waals surface area contributed by atoms with Crippen LogP contribution >= 0.6 is 27.5 Å². The summed E-state index contributed by atoms with van der Waals surface area (Å²) < 4.78 is 19.6. The van der Waals surface area contributed by atoms with E-state index in [2.05, 4.69) is 26.3 Å². The van der Waals surface area contributed by atoms with Crippen LogP contribution in [0.5, 0.6) is 0 Å². The second kappa shape index (κ2) is 7.02. The van der Waals surface area contributed by atoms with Gasteiger partial charge in [-0.3, -0.25) is 4.79 Å². The van der Waals surface area contributed by atoms with E-state index in [0.29, 0.717) is 29.0 Å². The number of nitrogens with one attached hydrogen (secondary N) is 1. The Morgan fingerprint density at radius 2 is 2.29 bits per heavy atom. The zero-order valence-corrected chi connectivity index (χ0v) is 13.4. The van der Waals surface area contributed by atoms with E-state index in [1.807, 2.05) is 0 Å². The van der Waals surface area contributed by atoms with Crippen LogP contribution in [0.2, 0.25) is 5.02 Å². The number of rotatable bonds is 5. The maximum absolute atomic E-state index is 13.1. The number of hydrogen-bond acceptors (Lipinski definition) is 4. The first-order chi connectivity index (χ1) is 10.0. The van der Waals surface area contributed by atoms with Crippen molar-refractivity contribution in [3.8, 4) is 0 Å². The second-order valence-corrected chi connectivity index (χ2v) is 5.35. The fraction of sp³-hybridized carbons (Fsp3) is 0.231. The molecule has 112 valence electrons. The number of hydrogen-bond donors (Lipinski definition) is 1. The summed E-state index contributed by atoms with van der Waals surface area (Å²) in [5, 5.41) is 6.99. The van der Waals surface area contributed by atoms with Gasteiger partial charge < -0.3 is 10.1 Å². The SMILES string of the molecule is COCCn1ncc(Nc2ccc(F)c(Cl)c2)c(Br)c1=O. The van der Waals surface area contributed by atoms with Gasteiger partial charge in [0.05, 0.1) is 30.1 Å². The zero-order chi connectivity index (χ0) is 15.4. The molecule has 0 radical (unpaired) electrons. The van der Waals surface area contributed by atoms with Crippen molar-refractivity contribution in [3.63, 3.8) is 0 Å². The standard InChI is InChI=1S/C13H12BrClFN3O2/c1-21-5-4-19-13(20)12(14)11(7-17-19)18-8-2-3-10(16)9(15)6-8/h2-3,6-7,18H,4-5H2,1H3. The van der Waals surface area contributed by atoms with Gasteiger partial charge in [-0.05, 0) is 34.1 Å². The highest BCUT2D eigenvalue weighted by molar-refractivity contribution is 9.10. The van der Waals surface area contributed by atoms with Gasteiger partial charge in [0, 0.05) is 12.8 Å². The third-order valence-corrected chi connectivity index (χ3v) is 3.75. The highest BCUT2D eigenvalue weighted by Crippen LogP contribution is 2.25. The van der Waals surface area contributed by atoms with Crippen molar-refractivity contribution < 1.29 is 9.13 Å². The second-order valence-electron chi connectivity index (χ2n) is 4.15. The fourth-order valence-electron chi connectivity index (χ4n) is 1.62. The number of halogens is 3. The summed E-state index contributed by atoms with van der Waals surface area (Å²) in [5.41, 5.74) is 0.736. The molecule has 2 rings (SSSR count). The largest absolute Gasteiger partial charge is 0.383 e. The van der Waals surface area contributed by atoms with Crippen molar-refractivity contribution in [1.82, 2.24) is 9.78 Å². The minimum absolute atomic E-state index is 0.00230. The lowest BCUT2D eigenvalue weighted by Crippen LogP contribution is -2.25. The van der Waals surface area contributed by atoms with Gasteiger partial charge in [0.1, 0.15) is 10.3 Å². The van der Waals surface area contributed by atoms with E-state index < -0.39 is 5.82 Å². The highest BCUT2D eigenvalue weighted by Gasteiger charge is 2.10. The Bertz CT molecular complexity index is 708. The van der Waals surface area contributed by atoms with Crippen LogP contribution < -0.4 is 10.9 Å². The molecule has 2 aromatic rings. The Labute approximate surface area is 133 Å². The van der Waals surface area contributed by atoms with Crippen molar-refractivity contribution >= 4 is 38.9 Å². The average Bonchev–Trinajstić information content (AvgIpc) is 2.47. The monoisotopic (exact) mass is 375 g/mol. The average molecular weight is 377 g/mol. The molecule has 0 bridgehead atoms. The van der Waals surface area contributed by atoms with Crippen LogP contribution in [0.1, 0.15) is 0 Å². The third-order valence-electron chi connectivity index (χ3n) is 2.69. The van der Waals surface area contributed by atoms with Crippen LogP contribution in [0.4, 0.5) is 15.8 Å². The van der Waals surface area contributed by atoms with E-state index in [4.69, 9.17) is 16.3 Å². The molecule has 0 aliphatic heterocycles. The molecule has 0 fully saturated rings. The van der Waals surface area contributed by atoms with Crippen molar-refractivity contribution in [2.24, 2.45) is 0 Å².